The molecule has 7 heteroatoms. The molecule has 1 aromatic carbocycles. The van der Waals surface area contributed by atoms with E-state index in [1.165, 1.54) is 6.07 Å². The maximum atomic E-state index is 13.3. The maximum absolute atomic E-state index is 13.3. The molecule has 1 aliphatic heterocycles. The van der Waals surface area contributed by atoms with Crippen LogP contribution in [0.5, 0.6) is 0 Å². The van der Waals surface area contributed by atoms with Crippen molar-refractivity contribution in [2.75, 3.05) is 24.2 Å². The molecule has 1 aliphatic rings. The molecule has 0 bridgehead atoms. The van der Waals surface area contributed by atoms with Crippen LogP contribution in [0.25, 0.3) is 10.9 Å². The number of benzene rings is 1. The number of aromatic nitrogens is 3. The number of nitrogens with zero attached hydrogens (tertiary/aromatic N) is 3. The first kappa shape index (κ1) is 17.3. The summed E-state index contributed by atoms with van der Waals surface area (Å²) in [7, 11) is 0. The van der Waals surface area contributed by atoms with E-state index in [1.807, 2.05) is 24.6 Å². The summed E-state index contributed by atoms with van der Waals surface area (Å²) in [5.74, 6) is 0.818. The third kappa shape index (κ3) is 3.83. The van der Waals surface area contributed by atoms with Crippen LogP contribution in [0.2, 0.25) is 0 Å². The smallest absolute Gasteiger partial charge is 0.189 e. The van der Waals surface area contributed by atoms with E-state index in [0.29, 0.717) is 6.04 Å². The first-order chi connectivity index (χ1) is 12.7. The summed E-state index contributed by atoms with van der Waals surface area (Å²) in [6.45, 7) is 2.74. The molecule has 0 atom stereocenters. The average Bonchev–Trinajstić information content (AvgIpc) is 3.09. The predicted octanol–water partition coefficient (Wildman–Crippen LogP) is 3.58. The second kappa shape index (κ2) is 7.63. The zero-order valence-corrected chi connectivity index (χ0v) is 15.5. The Morgan fingerprint density at radius 2 is 2.12 bits per heavy atom. The van der Waals surface area contributed by atoms with Crippen molar-refractivity contribution in [3.63, 3.8) is 0 Å². The van der Waals surface area contributed by atoms with Crippen molar-refractivity contribution in [1.82, 2.24) is 20.3 Å². The van der Waals surface area contributed by atoms with Gasteiger partial charge in [0.2, 0.25) is 0 Å². The number of hydrogen-bond donors (Lipinski definition) is 2. The Labute approximate surface area is 156 Å². The first-order valence-electron chi connectivity index (χ1n) is 8.84. The van der Waals surface area contributed by atoms with E-state index >= 15 is 0 Å². The number of thioether (sulfide) groups is 1. The molecule has 3 heterocycles. The van der Waals surface area contributed by atoms with Crippen LogP contribution in [0.3, 0.4) is 0 Å². The molecule has 0 radical (unpaired) electrons. The van der Waals surface area contributed by atoms with Gasteiger partial charge < -0.3 is 15.2 Å². The zero-order valence-electron chi connectivity index (χ0n) is 14.7. The van der Waals surface area contributed by atoms with Crippen LogP contribution in [0, 0.1) is 5.82 Å². The Morgan fingerprint density at radius 3 is 2.92 bits per heavy atom. The quantitative estimate of drug-likeness (QED) is 0.530. The number of anilines is 1. The maximum Gasteiger partial charge on any atom is 0.189 e. The zero-order chi connectivity index (χ0) is 17.9. The van der Waals surface area contributed by atoms with E-state index in [4.69, 9.17) is 0 Å². The van der Waals surface area contributed by atoms with E-state index < -0.39 is 0 Å². The summed E-state index contributed by atoms with van der Waals surface area (Å²) < 4.78 is 13.3. The number of halogens is 1. The number of fused-ring (bicyclic) bond motifs is 1. The van der Waals surface area contributed by atoms with E-state index in [0.717, 1.165) is 60.0 Å². The molecular weight excluding hydrogens is 349 g/mol. The molecule has 2 aromatic heterocycles. The molecule has 0 aliphatic carbocycles. The average molecular weight is 371 g/mol. The normalized spacial score (nSPS) is 15.7. The molecule has 136 valence electrons. The second-order valence-electron chi connectivity index (χ2n) is 6.57. The van der Waals surface area contributed by atoms with Gasteiger partial charge in [-0.1, -0.05) is 11.8 Å². The Kier molecular flexibility index (Phi) is 5.08. The summed E-state index contributed by atoms with van der Waals surface area (Å²) in [5, 5.41) is 5.36. The van der Waals surface area contributed by atoms with Crippen LogP contribution in [-0.2, 0) is 6.54 Å². The molecule has 0 saturated carbocycles. The lowest BCUT2D eigenvalue weighted by molar-refractivity contribution is 0.411. The van der Waals surface area contributed by atoms with Gasteiger partial charge in [-0.2, -0.15) is 0 Å². The van der Waals surface area contributed by atoms with E-state index in [1.54, 1.807) is 23.9 Å². The number of rotatable bonds is 5. The molecule has 0 spiro atoms. The highest BCUT2D eigenvalue weighted by molar-refractivity contribution is 7.98. The van der Waals surface area contributed by atoms with Gasteiger partial charge in [0, 0.05) is 48.5 Å². The minimum atomic E-state index is -0.197. The van der Waals surface area contributed by atoms with Crippen molar-refractivity contribution in [2.24, 2.45) is 0 Å². The molecule has 0 unspecified atom stereocenters. The molecule has 1 saturated heterocycles. The fourth-order valence-corrected chi connectivity index (χ4v) is 3.78. The Morgan fingerprint density at radius 1 is 1.27 bits per heavy atom. The van der Waals surface area contributed by atoms with Gasteiger partial charge in [0.05, 0.1) is 0 Å². The Bertz CT molecular complexity index is 889. The molecule has 5 nitrogen and oxygen atoms in total. The van der Waals surface area contributed by atoms with Crippen molar-refractivity contribution in [3.8, 4) is 0 Å². The molecule has 4 rings (SSSR count). The molecular formula is C19H22FN5S. The van der Waals surface area contributed by atoms with Gasteiger partial charge in [-0.15, -0.1) is 0 Å². The van der Waals surface area contributed by atoms with E-state index in [-0.39, 0.29) is 5.82 Å². The van der Waals surface area contributed by atoms with E-state index in [2.05, 4.69) is 25.2 Å². The van der Waals surface area contributed by atoms with Crippen LogP contribution in [0.15, 0.2) is 41.7 Å². The van der Waals surface area contributed by atoms with Crippen molar-refractivity contribution in [2.45, 2.75) is 30.6 Å². The molecule has 26 heavy (non-hydrogen) atoms. The van der Waals surface area contributed by atoms with Gasteiger partial charge in [0.25, 0.3) is 0 Å². The topological polar surface area (TPSA) is 56.8 Å². The van der Waals surface area contributed by atoms with Gasteiger partial charge in [-0.3, -0.25) is 0 Å². The molecule has 2 N–H and O–H groups in total. The monoisotopic (exact) mass is 371 g/mol. The summed E-state index contributed by atoms with van der Waals surface area (Å²) >= 11 is 1.57. The lowest BCUT2D eigenvalue weighted by Gasteiger charge is -2.33. The number of H-pyrrole nitrogens is 1. The fraction of sp³-hybridized carbons (Fsp3) is 0.368. The van der Waals surface area contributed by atoms with E-state index in [9.17, 15) is 4.39 Å². The highest BCUT2D eigenvalue weighted by Crippen LogP contribution is 2.21. The summed E-state index contributed by atoms with van der Waals surface area (Å²) in [6, 6.07) is 9.33. The lowest BCUT2D eigenvalue weighted by atomic mass is 10.0. The number of nitrogens with one attached hydrogen (secondary N) is 2. The van der Waals surface area contributed by atoms with Gasteiger partial charge in [0.1, 0.15) is 11.6 Å². The third-order valence-electron chi connectivity index (χ3n) is 4.84. The van der Waals surface area contributed by atoms with Crippen LogP contribution in [0.1, 0.15) is 18.5 Å². The first-order valence-corrected chi connectivity index (χ1v) is 10.1. The lowest BCUT2D eigenvalue weighted by Crippen LogP contribution is -2.42. The van der Waals surface area contributed by atoms with Gasteiger partial charge in [-0.05, 0) is 49.4 Å². The Balaban J connectivity index is 1.31. The fourth-order valence-electron chi connectivity index (χ4n) is 3.43. The molecule has 0 amide bonds. The van der Waals surface area contributed by atoms with Crippen LogP contribution in [-0.4, -0.2) is 40.3 Å². The van der Waals surface area contributed by atoms with Gasteiger partial charge >= 0.3 is 0 Å². The van der Waals surface area contributed by atoms with Crippen molar-refractivity contribution >= 4 is 28.5 Å². The highest BCUT2D eigenvalue weighted by Gasteiger charge is 2.20. The van der Waals surface area contributed by atoms with Gasteiger partial charge in [0.15, 0.2) is 5.16 Å². The van der Waals surface area contributed by atoms with Crippen LogP contribution >= 0.6 is 11.8 Å². The van der Waals surface area contributed by atoms with Crippen molar-refractivity contribution < 1.29 is 4.39 Å². The minimum absolute atomic E-state index is 0.197. The Hall–Kier alpha value is -2.12. The molecule has 3 aromatic rings. The SMILES string of the molecule is CSc1nccc(N2CCC(NCc3cc4cc(F)ccc4[nH]3)CC2)n1. The largest absolute Gasteiger partial charge is 0.357 e. The van der Waals surface area contributed by atoms with Gasteiger partial charge in [-0.25, -0.2) is 14.4 Å². The number of aromatic amines is 1. The predicted molar refractivity (Wildman–Crippen MR) is 104 cm³/mol. The summed E-state index contributed by atoms with van der Waals surface area (Å²) in [5.41, 5.74) is 2.07. The van der Waals surface area contributed by atoms with Crippen LogP contribution in [0.4, 0.5) is 10.2 Å². The van der Waals surface area contributed by atoms with Crippen LogP contribution < -0.4 is 10.2 Å². The van der Waals surface area contributed by atoms with Crippen molar-refractivity contribution in [1.29, 1.82) is 0 Å². The highest BCUT2D eigenvalue weighted by atomic mass is 32.2. The summed E-state index contributed by atoms with van der Waals surface area (Å²) in [4.78, 5) is 14.5. The summed E-state index contributed by atoms with van der Waals surface area (Å²) in [6.07, 6.45) is 5.98. The second-order valence-corrected chi connectivity index (χ2v) is 7.34. The minimum Gasteiger partial charge on any atom is -0.357 e. The third-order valence-corrected chi connectivity index (χ3v) is 5.40. The van der Waals surface area contributed by atoms with Crippen molar-refractivity contribution in [3.05, 3.63) is 48.0 Å². The standard InChI is InChI=1S/C19H22FN5S/c1-26-19-21-7-4-18(24-19)25-8-5-15(6-9-25)22-12-16-11-13-10-14(20)2-3-17(13)23-16/h2-4,7,10-11,15,22-23H,5-6,8-9,12H2,1H3. The number of piperidine rings is 1. The molecule has 1 fully saturated rings. The number of hydrogen-bond acceptors (Lipinski definition) is 5.